The van der Waals surface area contributed by atoms with Crippen LogP contribution in [0.2, 0.25) is 0 Å². The Morgan fingerprint density at radius 2 is 0.767 bits per heavy atom. The summed E-state index contributed by atoms with van der Waals surface area (Å²) in [6, 6.07) is -0.776. The maximum atomic E-state index is 12.5. The summed E-state index contributed by atoms with van der Waals surface area (Å²) in [6.45, 7) is 4.21. The summed E-state index contributed by atoms with van der Waals surface area (Å²) in [5.74, 6) is -0.337. The summed E-state index contributed by atoms with van der Waals surface area (Å²) in [6.07, 6.45) is 66.7. The topological polar surface area (TPSA) is 89.8 Å². The van der Waals surface area contributed by atoms with Crippen molar-refractivity contribution >= 4 is 5.91 Å². The number of aliphatic hydroxyl groups excluding tert-OH is 3. The number of carbonyl (C=O) groups excluding carboxylic acids is 1. The van der Waals surface area contributed by atoms with Crippen molar-refractivity contribution in [3.63, 3.8) is 0 Å². The molecule has 0 fully saturated rings. The van der Waals surface area contributed by atoms with Gasteiger partial charge in [-0.05, 0) is 77.0 Å². The summed E-state index contributed by atoms with van der Waals surface area (Å²) in [5, 5.41) is 33.3. The van der Waals surface area contributed by atoms with Crippen LogP contribution >= 0.6 is 0 Å². The van der Waals surface area contributed by atoms with Crippen LogP contribution in [0.25, 0.3) is 0 Å². The molecule has 4 N–H and O–H groups in total. The highest BCUT2D eigenvalue weighted by molar-refractivity contribution is 5.76. The second kappa shape index (κ2) is 49.7. The molecular formula is C55H101NO4. The van der Waals surface area contributed by atoms with E-state index in [9.17, 15) is 20.1 Å². The SMILES string of the molecule is CCCCCCCCCCC/C=C\C/C=C\CCCCCCCC(O)CC(=O)NC(CO)C(O)/C=C/CC/C=C/CC/C=C/CCCCCCCCCCCCCCCC. The van der Waals surface area contributed by atoms with Gasteiger partial charge in [-0.1, -0.05) is 235 Å². The molecule has 5 nitrogen and oxygen atoms in total. The van der Waals surface area contributed by atoms with Gasteiger partial charge in [0, 0.05) is 0 Å². The molecule has 0 aromatic heterocycles. The Morgan fingerprint density at radius 3 is 1.17 bits per heavy atom. The van der Waals surface area contributed by atoms with Gasteiger partial charge in [0.1, 0.15) is 0 Å². The Morgan fingerprint density at radius 1 is 0.433 bits per heavy atom. The number of rotatable bonds is 47. The van der Waals surface area contributed by atoms with Gasteiger partial charge in [-0.25, -0.2) is 0 Å². The number of carbonyl (C=O) groups is 1. The third-order valence-electron chi connectivity index (χ3n) is 11.8. The molecule has 0 saturated heterocycles. The molecule has 3 unspecified atom stereocenters. The van der Waals surface area contributed by atoms with Crippen LogP contribution in [-0.2, 0) is 4.79 Å². The Bertz CT molecular complexity index is 1020. The minimum Gasteiger partial charge on any atom is -0.394 e. The Labute approximate surface area is 373 Å². The Balaban J connectivity index is 3.72. The molecule has 0 aromatic carbocycles. The van der Waals surface area contributed by atoms with Gasteiger partial charge in [0.2, 0.25) is 5.91 Å². The van der Waals surface area contributed by atoms with Crippen LogP contribution in [0.4, 0.5) is 0 Å². The van der Waals surface area contributed by atoms with E-state index in [2.05, 4.69) is 67.8 Å². The molecule has 0 spiro atoms. The standard InChI is InChI=1S/C55H101NO4/c1-3-5-7-9-11-13-15-17-19-21-23-25-26-27-29-31-33-35-37-39-41-43-45-47-49-54(59)53(51-57)56-55(60)50-52(58)48-46-44-42-40-38-36-34-32-30-28-24-22-20-18-16-14-12-10-8-6-4-2/h24,28,31-34,39,41,47,49,52-54,57-59H,3-23,25-27,29-30,35-38,40,42-46,48,50-51H2,1-2H3,(H,56,60)/b28-24-,33-31+,34-32-,41-39+,49-47+. The highest BCUT2D eigenvalue weighted by atomic mass is 16.3. The minimum atomic E-state index is -0.967. The Kier molecular flexibility index (Phi) is 48.1. The average molecular weight is 840 g/mol. The lowest BCUT2D eigenvalue weighted by atomic mass is 10.0. The molecule has 1 amide bonds. The number of nitrogens with one attached hydrogen (secondary N) is 1. The van der Waals surface area contributed by atoms with Gasteiger partial charge in [0.25, 0.3) is 0 Å². The number of amides is 1. The van der Waals surface area contributed by atoms with Crippen molar-refractivity contribution < 1.29 is 20.1 Å². The van der Waals surface area contributed by atoms with E-state index in [1.807, 2.05) is 6.08 Å². The summed E-state index contributed by atoms with van der Waals surface area (Å²) < 4.78 is 0. The second-order valence-corrected chi connectivity index (χ2v) is 17.8. The lowest BCUT2D eigenvalue weighted by molar-refractivity contribution is -0.124. The molecule has 60 heavy (non-hydrogen) atoms. The number of hydrogen-bond donors (Lipinski definition) is 4. The monoisotopic (exact) mass is 840 g/mol. The van der Waals surface area contributed by atoms with E-state index in [0.717, 1.165) is 57.8 Å². The van der Waals surface area contributed by atoms with Crippen molar-refractivity contribution in [2.24, 2.45) is 0 Å². The molecule has 350 valence electrons. The van der Waals surface area contributed by atoms with Crippen LogP contribution < -0.4 is 5.32 Å². The van der Waals surface area contributed by atoms with Crippen molar-refractivity contribution in [1.82, 2.24) is 5.32 Å². The van der Waals surface area contributed by atoms with E-state index in [1.54, 1.807) is 6.08 Å². The zero-order valence-corrected chi connectivity index (χ0v) is 39.8. The van der Waals surface area contributed by atoms with Gasteiger partial charge in [-0.15, -0.1) is 0 Å². The van der Waals surface area contributed by atoms with Crippen molar-refractivity contribution in [2.75, 3.05) is 6.61 Å². The predicted molar refractivity (Wildman–Crippen MR) is 264 cm³/mol. The van der Waals surface area contributed by atoms with Gasteiger partial charge >= 0.3 is 0 Å². The lowest BCUT2D eigenvalue weighted by Gasteiger charge is -2.20. The third-order valence-corrected chi connectivity index (χ3v) is 11.8. The number of aliphatic hydroxyl groups is 3. The number of allylic oxidation sites excluding steroid dienone is 9. The van der Waals surface area contributed by atoms with Crippen LogP contribution in [0.1, 0.15) is 258 Å². The third kappa shape index (κ3) is 45.6. The maximum absolute atomic E-state index is 12.5. The van der Waals surface area contributed by atoms with Crippen LogP contribution in [0.5, 0.6) is 0 Å². The van der Waals surface area contributed by atoms with E-state index in [4.69, 9.17) is 0 Å². The second-order valence-electron chi connectivity index (χ2n) is 17.8. The van der Waals surface area contributed by atoms with E-state index in [-0.39, 0.29) is 18.9 Å². The fourth-order valence-corrected chi connectivity index (χ4v) is 7.76. The molecule has 5 heteroatoms. The first kappa shape index (κ1) is 58.0. The van der Waals surface area contributed by atoms with Crippen molar-refractivity contribution in [3.05, 3.63) is 60.8 Å². The summed E-state index contributed by atoms with van der Waals surface area (Å²) in [5.41, 5.74) is 0. The number of unbranched alkanes of at least 4 members (excludes halogenated alkanes) is 30. The summed E-state index contributed by atoms with van der Waals surface area (Å²) in [4.78, 5) is 12.5. The molecule has 0 radical (unpaired) electrons. The molecule has 0 aliphatic heterocycles. The van der Waals surface area contributed by atoms with E-state index in [1.165, 1.54) is 173 Å². The zero-order valence-electron chi connectivity index (χ0n) is 39.8. The highest BCUT2D eigenvalue weighted by Gasteiger charge is 2.20. The lowest BCUT2D eigenvalue weighted by Crippen LogP contribution is -2.45. The van der Waals surface area contributed by atoms with E-state index < -0.39 is 18.2 Å². The molecular weight excluding hydrogens is 739 g/mol. The average Bonchev–Trinajstić information content (AvgIpc) is 3.24. The minimum absolute atomic E-state index is 0.00910. The number of hydrogen-bond acceptors (Lipinski definition) is 4. The van der Waals surface area contributed by atoms with Crippen molar-refractivity contribution in [1.29, 1.82) is 0 Å². The van der Waals surface area contributed by atoms with Gasteiger partial charge in [0.05, 0.1) is 31.3 Å². The smallest absolute Gasteiger partial charge is 0.222 e. The van der Waals surface area contributed by atoms with Crippen LogP contribution in [0.15, 0.2) is 60.8 Å². The van der Waals surface area contributed by atoms with E-state index in [0.29, 0.717) is 6.42 Å². The van der Waals surface area contributed by atoms with Crippen LogP contribution in [0.3, 0.4) is 0 Å². The predicted octanol–water partition coefficient (Wildman–Crippen LogP) is 15.8. The first-order chi connectivity index (χ1) is 29.5. The Hall–Kier alpha value is -1.95. The fourth-order valence-electron chi connectivity index (χ4n) is 7.76. The molecule has 0 aromatic rings. The molecule has 0 heterocycles. The molecule has 0 rings (SSSR count). The molecule has 0 saturated carbocycles. The normalized spacial score (nSPS) is 13.9. The molecule has 3 atom stereocenters. The molecule has 0 bridgehead atoms. The van der Waals surface area contributed by atoms with E-state index >= 15 is 0 Å². The maximum Gasteiger partial charge on any atom is 0.222 e. The van der Waals surface area contributed by atoms with Crippen molar-refractivity contribution in [2.45, 2.75) is 276 Å². The summed E-state index contributed by atoms with van der Waals surface area (Å²) in [7, 11) is 0. The van der Waals surface area contributed by atoms with Crippen molar-refractivity contribution in [3.8, 4) is 0 Å². The van der Waals surface area contributed by atoms with Crippen LogP contribution in [0, 0.1) is 0 Å². The fraction of sp³-hybridized carbons (Fsp3) is 0.800. The first-order valence-corrected chi connectivity index (χ1v) is 26.1. The van der Waals surface area contributed by atoms with Gasteiger partial charge < -0.3 is 20.6 Å². The first-order valence-electron chi connectivity index (χ1n) is 26.1. The zero-order chi connectivity index (χ0) is 43.7. The van der Waals surface area contributed by atoms with Crippen LogP contribution in [-0.4, -0.2) is 46.1 Å². The van der Waals surface area contributed by atoms with Gasteiger partial charge in [0.15, 0.2) is 0 Å². The molecule has 0 aliphatic carbocycles. The molecule has 0 aliphatic rings. The van der Waals surface area contributed by atoms with Gasteiger partial charge in [-0.3, -0.25) is 4.79 Å². The quantitative estimate of drug-likeness (QED) is 0.0363. The summed E-state index contributed by atoms with van der Waals surface area (Å²) >= 11 is 0. The largest absolute Gasteiger partial charge is 0.394 e. The van der Waals surface area contributed by atoms with Gasteiger partial charge in [-0.2, -0.15) is 0 Å². The highest BCUT2D eigenvalue weighted by Crippen LogP contribution is 2.15.